The first kappa shape index (κ1) is 20.3. The van der Waals surface area contributed by atoms with Crippen LogP contribution in [0.1, 0.15) is 34.0 Å². The van der Waals surface area contributed by atoms with Gasteiger partial charge in [-0.05, 0) is 17.4 Å². The van der Waals surface area contributed by atoms with Crippen LogP contribution in [0.5, 0.6) is 0 Å². The molecule has 1 aromatic carbocycles. The molecule has 8 nitrogen and oxygen atoms in total. The number of thiophene rings is 1. The molecule has 3 aromatic rings. The van der Waals surface area contributed by atoms with Crippen LogP contribution in [0.15, 0.2) is 58.4 Å². The predicted octanol–water partition coefficient (Wildman–Crippen LogP) is 2.62. The monoisotopic (exact) mass is 412 g/mol. The number of nitrogens with one attached hydrogen (secondary N) is 3. The van der Waals surface area contributed by atoms with E-state index >= 15 is 0 Å². The molecular weight excluding hydrogens is 392 g/mol. The Morgan fingerprint density at radius 1 is 1.00 bits per heavy atom. The van der Waals surface area contributed by atoms with Crippen LogP contribution in [0, 0.1) is 5.92 Å². The Labute approximate surface area is 171 Å². The molecule has 0 saturated heterocycles. The second-order valence-corrected chi connectivity index (χ2v) is 7.51. The van der Waals surface area contributed by atoms with Crippen LogP contribution >= 0.6 is 11.3 Å². The van der Waals surface area contributed by atoms with Gasteiger partial charge in [-0.2, -0.15) is 0 Å². The zero-order chi connectivity index (χ0) is 20.8. The number of amides is 3. The third kappa shape index (κ3) is 5.08. The summed E-state index contributed by atoms with van der Waals surface area (Å²) in [6.07, 6.45) is 0. The van der Waals surface area contributed by atoms with Crippen molar-refractivity contribution in [2.75, 3.05) is 0 Å². The zero-order valence-corrected chi connectivity index (χ0v) is 16.7. The van der Waals surface area contributed by atoms with E-state index in [2.05, 4.69) is 21.3 Å². The summed E-state index contributed by atoms with van der Waals surface area (Å²) in [7, 11) is 0. The van der Waals surface area contributed by atoms with E-state index in [1.807, 2.05) is 30.3 Å². The molecule has 3 rings (SSSR count). The smallest absolute Gasteiger partial charge is 0.291 e. The Kier molecular flexibility index (Phi) is 6.40. The van der Waals surface area contributed by atoms with Crippen LogP contribution in [0.25, 0.3) is 11.3 Å². The van der Waals surface area contributed by atoms with E-state index in [9.17, 15) is 14.4 Å². The third-order valence-corrected chi connectivity index (χ3v) is 4.95. The predicted molar refractivity (Wildman–Crippen MR) is 108 cm³/mol. The fourth-order valence-electron chi connectivity index (χ4n) is 2.54. The number of hydrogen-bond acceptors (Lipinski definition) is 6. The molecule has 0 aliphatic rings. The van der Waals surface area contributed by atoms with Crippen molar-refractivity contribution in [1.29, 1.82) is 0 Å². The second kappa shape index (κ2) is 9.16. The minimum Gasteiger partial charge on any atom is -0.355 e. The van der Waals surface area contributed by atoms with E-state index in [4.69, 9.17) is 4.52 Å². The molecular formula is C20H20N4O4S. The number of rotatable bonds is 6. The van der Waals surface area contributed by atoms with Gasteiger partial charge in [-0.25, -0.2) is 0 Å². The number of benzene rings is 1. The van der Waals surface area contributed by atoms with Crippen molar-refractivity contribution in [3.05, 3.63) is 64.5 Å². The Morgan fingerprint density at radius 3 is 2.41 bits per heavy atom. The number of hydrogen-bond donors (Lipinski definition) is 3. The van der Waals surface area contributed by atoms with Gasteiger partial charge in [0, 0.05) is 11.6 Å². The molecule has 150 valence electrons. The summed E-state index contributed by atoms with van der Waals surface area (Å²) in [6.45, 7) is 3.59. The van der Waals surface area contributed by atoms with E-state index in [1.165, 1.54) is 17.4 Å². The zero-order valence-electron chi connectivity index (χ0n) is 15.8. The van der Waals surface area contributed by atoms with E-state index in [-0.39, 0.29) is 17.5 Å². The highest BCUT2D eigenvalue weighted by molar-refractivity contribution is 7.12. The van der Waals surface area contributed by atoms with Crippen molar-refractivity contribution in [3.63, 3.8) is 0 Å². The fraction of sp³-hybridized carbons (Fsp3) is 0.200. The van der Waals surface area contributed by atoms with Gasteiger partial charge in [0.25, 0.3) is 17.7 Å². The molecule has 0 aliphatic carbocycles. The average Bonchev–Trinajstić information content (AvgIpc) is 3.42. The third-order valence-electron chi connectivity index (χ3n) is 4.08. The van der Waals surface area contributed by atoms with Gasteiger partial charge >= 0.3 is 0 Å². The number of carbonyl (C=O) groups excluding carboxylic acids is 3. The SMILES string of the molecule is CC(C)C(NC(=O)c1cccs1)C(=O)NNC(=O)c1cc(-c2ccccc2)on1. The summed E-state index contributed by atoms with van der Waals surface area (Å²) >= 11 is 1.28. The van der Waals surface area contributed by atoms with E-state index < -0.39 is 17.9 Å². The standard InChI is InChI=1S/C20H20N4O4S/c1-12(2)17(21-19(26)16-9-6-10-29-16)20(27)23-22-18(25)14-11-15(28-24-14)13-7-4-3-5-8-13/h3-12,17H,1-2H3,(H,21,26)(H,22,25)(H,23,27). The summed E-state index contributed by atoms with van der Waals surface area (Å²) in [5, 5.41) is 8.19. The average molecular weight is 412 g/mol. The minimum absolute atomic E-state index is 0.0212. The number of carbonyl (C=O) groups is 3. The maximum absolute atomic E-state index is 12.5. The van der Waals surface area contributed by atoms with Crippen molar-refractivity contribution in [3.8, 4) is 11.3 Å². The normalized spacial score (nSPS) is 11.7. The first-order chi connectivity index (χ1) is 14.0. The lowest BCUT2D eigenvalue weighted by Crippen LogP contribution is -2.54. The largest absolute Gasteiger partial charge is 0.355 e. The van der Waals surface area contributed by atoms with Gasteiger partial charge in [0.05, 0.1) is 4.88 Å². The molecule has 1 unspecified atom stereocenters. The fourth-order valence-corrected chi connectivity index (χ4v) is 3.16. The summed E-state index contributed by atoms with van der Waals surface area (Å²) in [5.41, 5.74) is 5.43. The maximum Gasteiger partial charge on any atom is 0.291 e. The Hall–Kier alpha value is -3.46. The van der Waals surface area contributed by atoms with E-state index in [1.54, 1.807) is 31.4 Å². The van der Waals surface area contributed by atoms with Gasteiger partial charge in [0.1, 0.15) is 6.04 Å². The molecule has 2 heterocycles. The van der Waals surface area contributed by atoms with Crippen molar-refractivity contribution in [2.24, 2.45) is 5.92 Å². The summed E-state index contributed by atoms with van der Waals surface area (Å²) in [6, 6.07) is 13.3. The molecule has 0 radical (unpaired) electrons. The van der Waals surface area contributed by atoms with E-state index in [0.717, 1.165) is 5.56 Å². The lowest BCUT2D eigenvalue weighted by Gasteiger charge is -2.21. The van der Waals surface area contributed by atoms with Crippen LogP contribution < -0.4 is 16.2 Å². The molecule has 2 aromatic heterocycles. The topological polar surface area (TPSA) is 113 Å². The minimum atomic E-state index is -0.818. The van der Waals surface area contributed by atoms with Crippen molar-refractivity contribution >= 4 is 29.1 Å². The Bertz CT molecular complexity index is 983. The van der Waals surface area contributed by atoms with Crippen LogP contribution in [0.4, 0.5) is 0 Å². The summed E-state index contributed by atoms with van der Waals surface area (Å²) in [4.78, 5) is 37.5. The number of aromatic nitrogens is 1. The molecule has 29 heavy (non-hydrogen) atoms. The number of hydrazine groups is 1. The summed E-state index contributed by atoms with van der Waals surface area (Å²) < 4.78 is 5.18. The van der Waals surface area contributed by atoms with Crippen LogP contribution in [-0.2, 0) is 4.79 Å². The molecule has 0 spiro atoms. The molecule has 0 bridgehead atoms. The highest BCUT2D eigenvalue weighted by Crippen LogP contribution is 2.19. The van der Waals surface area contributed by atoms with Crippen molar-refractivity contribution in [2.45, 2.75) is 19.9 Å². The molecule has 1 atom stereocenters. The van der Waals surface area contributed by atoms with Crippen LogP contribution in [0.3, 0.4) is 0 Å². The van der Waals surface area contributed by atoms with Gasteiger partial charge in [-0.3, -0.25) is 25.2 Å². The molecule has 9 heteroatoms. The van der Waals surface area contributed by atoms with Gasteiger partial charge < -0.3 is 9.84 Å². The first-order valence-electron chi connectivity index (χ1n) is 8.92. The van der Waals surface area contributed by atoms with Crippen molar-refractivity contribution in [1.82, 2.24) is 21.3 Å². The van der Waals surface area contributed by atoms with Gasteiger partial charge in [0.15, 0.2) is 11.5 Å². The van der Waals surface area contributed by atoms with Gasteiger partial charge in [0.2, 0.25) is 0 Å². The van der Waals surface area contributed by atoms with Gasteiger partial charge in [-0.15, -0.1) is 11.3 Å². The van der Waals surface area contributed by atoms with Crippen molar-refractivity contribution < 1.29 is 18.9 Å². The lowest BCUT2D eigenvalue weighted by atomic mass is 10.0. The molecule has 0 aliphatic heterocycles. The summed E-state index contributed by atoms with van der Waals surface area (Å²) in [5.74, 6) is -1.26. The first-order valence-corrected chi connectivity index (χ1v) is 9.80. The molecule has 3 N–H and O–H groups in total. The van der Waals surface area contributed by atoms with Crippen LogP contribution in [0.2, 0.25) is 0 Å². The molecule has 0 saturated carbocycles. The lowest BCUT2D eigenvalue weighted by molar-refractivity contribution is -0.124. The molecule has 3 amide bonds. The highest BCUT2D eigenvalue weighted by Gasteiger charge is 2.26. The maximum atomic E-state index is 12.5. The number of nitrogens with zero attached hydrogens (tertiary/aromatic N) is 1. The van der Waals surface area contributed by atoms with E-state index in [0.29, 0.717) is 10.6 Å². The van der Waals surface area contributed by atoms with Gasteiger partial charge in [-0.1, -0.05) is 55.4 Å². The quantitative estimate of drug-likeness (QED) is 0.539. The molecule has 0 fully saturated rings. The second-order valence-electron chi connectivity index (χ2n) is 6.56. The van der Waals surface area contributed by atoms with Crippen LogP contribution in [-0.4, -0.2) is 28.9 Å². The highest BCUT2D eigenvalue weighted by atomic mass is 32.1. The Morgan fingerprint density at radius 2 is 1.76 bits per heavy atom. The Balaban J connectivity index is 1.59.